The fourth-order valence-corrected chi connectivity index (χ4v) is 5.89. The molecular weight excluding hydrogens is 496 g/mol. The smallest absolute Gasteiger partial charge is 0.240 e. The van der Waals surface area contributed by atoms with Crippen LogP contribution in [0.1, 0.15) is 42.0 Å². The predicted octanol–water partition coefficient (Wildman–Crippen LogP) is 4.42. The van der Waals surface area contributed by atoms with Gasteiger partial charge in [0.25, 0.3) is 0 Å². The number of sulfonamides is 1. The van der Waals surface area contributed by atoms with Crippen LogP contribution in [0, 0.1) is 5.92 Å². The molecule has 0 fully saturated rings. The zero-order chi connectivity index (χ0) is 25.5. The molecule has 0 bridgehead atoms. The highest BCUT2D eigenvalue weighted by Crippen LogP contribution is 2.30. The maximum Gasteiger partial charge on any atom is 0.240 e. The number of aryl methyl sites for hydroxylation is 1. The number of fused-ring (bicyclic) bond motifs is 1. The lowest BCUT2D eigenvalue weighted by Crippen LogP contribution is -2.40. The van der Waals surface area contributed by atoms with Crippen molar-refractivity contribution in [1.82, 2.24) is 10.0 Å². The Morgan fingerprint density at radius 2 is 1.69 bits per heavy atom. The van der Waals surface area contributed by atoms with Gasteiger partial charge in [0.2, 0.25) is 15.9 Å². The van der Waals surface area contributed by atoms with Gasteiger partial charge < -0.3 is 10.4 Å². The van der Waals surface area contributed by atoms with E-state index in [9.17, 15) is 18.3 Å². The monoisotopic (exact) mass is 526 g/mol. The molecule has 0 spiro atoms. The number of aliphatic hydroxyl groups is 1. The van der Waals surface area contributed by atoms with Gasteiger partial charge >= 0.3 is 0 Å². The first-order chi connectivity index (χ1) is 17.3. The van der Waals surface area contributed by atoms with Crippen molar-refractivity contribution in [2.24, 2.45) is 5.92 Å². The van der Waals surface area contributed by atoms with E-state index < -0.39 is 22.0 Å². The number of halogens is 1. The Hall–Kier alpha value is -2.71. The topological polar surface area (TPSA) is 95.5 Å². The van der Waals surface area contributed by atoms with Crippen molar-refractivity contribution in [3.05, 3.63) is 101 Å². The third-order valence-corrected chi connectivity index (χ3v) is 8.26. The second kappa shape index (κ2) is 12.0. The molecule has 0 aromatic heterocycles. The van der Waals surface area contributed by atoms with E-state index in [1.807, 2.05) is 42.5 Å². The standard InChI is InChI=1S/C28H31ClN2O4S/c29-23-13-15-25(16-14-23)36(34,35)30-19-24(32)18-22(17-20-7-2-1-3-8-20)28(33)31-27-12-6-10-21-9-4-5-11-26(21)27/h1-5,7-9,11,13-16,22,24,27,30,32H,6,10,12,17-19H2,(H,31,33)/t22-,24+,27-/m1/s1. The van der Waals surface area contributed by atoms with Crippen molar-refractivity contribution in [2.45, 2.75) is 49.1 Å². The summed E-state index contributed by atoms with van der Waals surface area (Å²) in [6.45, 7) is -0.199. The number of nitrogens with one attached hydrogen (secondary N) is 2. The molecule has 0 heterocycles. The predicted molar refractivity (Wildman–Crippen MR) is 141 cm³/mol. The number of benzene rings is 3. The van der Waals surface area contributed by atoms with Crippen LogP contribution < -0.4 is 10.0 Å². The molecular formula is C28H31ClN2O4S. The zero-order valence-electron chi connectivity index (χ0n) is 19.9. The van der Waals surface area contributed by atoms with Gasteiger partial charge in [-0.25, -0.2) is 13.1 Å². The number of carbonyl (C=O) groups is 1. The van der Waals surface area contributed by atoms with Crippen LogP contribution in [0.2, 0.25) is 5.02 Å². The van der Waals surface area contributed by atoms with Crippen LogP contribution in [-0.2, 0) is 27.7 Å². The summed E-state index contributed by atoms with van der Waals surface area (Å²) in [4.78, 5) is 13.5. The van der Waals surface area contributed by atoms with E-state index in [4.69, 9.17) is 11.6 Å². The Balaban J connectivity index is 1.44. The number of amides is 1. The number of carbonyl (C=O) groups excluding carboxylic acids is 1. The molecule has 0 radical (unpaired) electrons. The quantitative estimate of drug-likeness (QED) is 0.364. The van der Waals surface area contributed by atoms with Crippen molar-refractivity contribution < 1.29 is 18.3 Å². The highest BCUT2D eigenvalue weighted by Gasteiger charge is 2.28. The first-order valence-electron chi connectivity index (χ1n) is 12.2. The Bertz CT molecular complexity index is 1270. The Labute approximate surface area is 217 Å². The molecule has 1 amide bonds. The molecule has 0 saturated carbocycles. The van der Waals surface area contributed by atoms with Gasteiger partial charge in [-0.1, -0.05) is 66.2 Å². The second-order valence-electron chi connectivity index (χ2n) is 9.23. The summed E-state index contributed by atoms with van der Waals surface area (Å²) in [5, 5.41) is 14.4. The third kappa shape index (κ3) is 6.95. The maximum atomic E-state index is 13.4. The molecule has 3 atom stereocenters. The summed E-state index contributed by atoms with van der Waals surface area (Å²) in [5.74, 6) is -0.656. The molecule has 190 valence electrons. The lowest BCUT2D eigenvalue weighted by atomic mass is 9.86. The van der Waals surface area contributed by atoms with E-state index in [0.717, 1.165) is 30.4 Å². The Morgan fingerprint density at radius 3 is 2.44 bits per heavy atom. The van der Waals surface area contributed by atoms with Crippen LogP contribution in [0.5, 0.6) is 0 Å². The summed E-state index contributed by atoms with van der Waals surface area (Å²) >= 11 is 5.85. The van der Waals surface area contributed by atoms with Crippen molar-refractivity contribution >= 4 is 27.5 Å². The van der Waals surface area contributed by atoms with Crippen LogP contribution >= 0.6 is 11.6 Å². The lowest BCUT2D eigenvalue weighted by molar-refractivity contribution is -0.126. The van der Waals surface area contributed by atoms with E-state index in [1.54, 1.807) is 0 Å². The van der Waals surface area contributed by atoms with E-state index in [1.165, 1.54) is 29.8 Å². The number of hydrogen-bond acceptors (Lipinski definition) is 4. The molecule has 6 nitrogen and oxygen atoms in total. The molecule has 3 N–H and O–H groups in total. The molecule has 36 heavy (non-hydrogen) atoms. The highest BCUT2D eigenvalue weighted by molar-refractivity contribution is 7.89. The van der Waals surface area contributed by atoms with Crippen molar-refractivity contribution in [2.75, 3.05) is 6.54 Å². The summed E-state index contributed by atoms with van der Waals surface area (Å²) in [6.07, 6.45) is 2.40. The fourth-order valence-electron chi connectivity index (χ4n) is 4.69. The molecule has 3 aromatic carbocycles. The number of rotatable bonds is 10. The van der Waals surface area contributed by atoms with Gasteiger partial charge in [0.05, 0.1) is 17.0 Å². The van der Waals surface area contributed by atoms with Crippen molar-refractivity contribution in [3.8, 4) is 0 Å². The number of aliphatic hydroxyl groups excluding tert-OH is 1. The first-order valence-corrected chi connectivity index (χ1v) is 14.0. The second-order valence-corrected chi connectivity index (χ2v) is 11.4. The lowest BCUT2D eigenvalue weighted by Gasteiger charge is -2.29. The van der Waals surface area contributed by atoms with E-state index in [2.05, 4.69) is 22.2 Å². The van der Waals surface area contributed by atoms with Crippen molar-refractivity contribution in [1.29, 1.82) is 0 Å². The van der Waals surface area contributed by atoms with Crippen LogP contribution in [0.4, 0.5) is 0 Å². The minimum atomic E-state index is -3.81. The molecule has 0 saturated heterocycles. The third-order valence-electron chi connectivity index (χ3n) is 6.57. The molecule has 3 aromatic rings. The van der Waals surface area contributed by atoms with Gasteiger partial charge in [0.1, 0.15) is 0 Å². The molecule has 1 aliphatic carbocycles. The minimum Gasteiger partial charge on any atom is -0.392 e. The number of hydrogen-bond donors (Lipinski definition) is 3. The average molecular weight is 527 g/mol. The molecule has 1 aliphatic rings. The van der Waals surface area contributed by atoms with E-state index >= 15 is 0 Å². The summed E-state index contributed by atoms with van der Waals surface area (Å²) in [7, 11) is -3.81. The zero-order valence-corrected chi connectivity index (χ0v) is 21.5. The fraction of sp³-hybridized carbons (Fsp3) is 0.321. The van der Waals surface area contributed by atoms with Crippen LogP contribution in [0.25, 0.3) is 0 Å². The normalized spacial score (nSPS) is 17.1. The van der Waals surface area contributed by atoms with Gasteiger partial charge in [-0.15, -0.1) is 0 Å². The van der Waals surface area contributed by atoms with Crippen LogP contribution in [0.3, 0.4) is 0 Å². The SMILES string of the molecule is O=C(N[C@@H]1CCCc2ccccc21)[C@H](Cc1ccccc1)C[C@H](O)CNS(=O)(=O)c1ccc(Cl)cc1. The Morgan fingerprint density at radius 1 is 1.00 bits per heavy atom. The average Bonchev–Trinajstić information content (AvgIpc) is 2.88. The minimum absolute atomic E-state index is 0.0636. The molecule has 8 heteroatoms. The highest BCUT2D eigenvalue weighted by atomic mass is 35.5. The first kappa shape index (κ1) is 26.4. The van der Waals surface area contributed by atoms with Crippen LogP contribution in [0.15, 0.2) is 83.8 Å². The summed E-state index contributed by atoms with van der Waals surface area (Å²) in [5.41, 5.74) is 3.38. The largest absolute Gasteiger partial charge is 0.392 e. The Kier molecular flexibility index (Phi) is 8.80. The van der Waals surface area contributed by atoms with Crippen LogP contribution in [-0.4, -0.2) is 32.1 Å². The van der Waals surface area contributed by atoms with Crippen molar-refractivity contribution in [3.63, 3.8) is 0 Å². The molecule has 0 aliphatic heterocycles. The van der Waals surface area contributed by atoms with Gasteiger partial charge in [0, 0.05) is 17.5 Å². The van der Waals surface area contributed by atoms with Gasteiger partial charge in [-0.05, 0) is 73.1 Å². The summed E-state index contributed by atoms with van der Waals surface area (Å²) in [6, 6.07) is 23.6. The molecule has 4 rings (SSSR count). The molecule has 0 unspecified atom stereocenters. The van der Waals surface area contributed by atoms with E-state index in [0.29, 0.717) is 11.4 Å². The summed E-state index contributed by atoms with van der Waals surface area (Å²) < 4.78 is 27.6. The van der Waals surface area contributed by atoms with Gasteiger partial charge in [0.15, 0.2) is 0 Å². The maximum absolute atomic E-state index is 13.4. The van der Waals surface area contributed by atoms with Gasteiger partial charge in [-0.3, -0.25) is 4.79 Å². The van der Waals surface area contributed by atoms with Gasteiger partial charge in [-0.2, -0.15) is 0 Å². The van der Waals surface area contributed by atoms with E-state index in [-0.39, 0.29) is 29.8 Å².